The van der Waals surface area contributed by atoms with Gasteiger partial charge in [0.2, 0.25) is 28.4 Å². The van der Waals surface area contributed by atoms with Gasteiger partial charge in [-0.15, -0.1) is 0 Å². The number of carbonyl (C=O) groups excluding carboxylic acids is 1. The number of aryl methyl sites for hydroxylation is 5. The third-order valence-electron chi connectivity index (χ3n) is 17.0. The molecule has 5 aromatic heterocycles. The highest BCUT2D eigenvalue weighted by molar-refractivity contribution is 9.10. The molecule has 0 amide bonds. The highest BCUT2D eigenvalue weighted by Gasteiger charge is 2.27. The van der Waals surface area contributed by atoms with Crippen LogP contribution < -0.4 is 0 Å². The first-order valence-corrected chi connectivity index (χ1v) is 32.2. The van der Waals surface area contributed by atoms with E-state index in [9.17, 15) is 22.4 Å². The molecule has 0 N–H and O–H groups in total. The van der Waals surface area contributed by atoms with E-state index in [4.69, 9.17) is 44.5 Å². The predicted octanol–water partition coefficient (Wildman–Crippen LogP) is 22.7. The fraction of sp³-hybridized carbons (Fsp3) is 0.0875. The predicted molar refractivity (Wildman–Crippen MR) is 400 cm³/mol. The number of hydrogen-bond acceptors (Lipinski definition) is 6. The lowest BCUT2D eigenvalue weighted by atomic mass is 9.96. The van der Waals surface area contributed by atoms with Gasteiger partial charge < -0.3 is 0 Å². The van der Waals surface area contributed by atoms with E-state index in [1.807, 2.05) is 117 Å². The Kier molecular flexibility index (Phi) is 21.2. The third kappa shape index (κ3) is 13.6. The van der Waals surface area contributed by atoms with Gasteiger partial charge >= 0.3 is 0 Å². The van der Waals surface area contributed by atoms with Crippen molar-refractivity contribution < 1.29 is 22.4 Å². The summed E-state index contributed by atoms with van der Waals surface area (Å²) < 4.78 is 62.8. The molecular formula is C80H55BrClF4N15O. The molecule has 10 aromatic carbocycles. The van der Waals surface area contributed by atoms with Gasteiger partial charge in [-0.2, -0.15) is 25.5 Å². The van der Waals surface area contributed by atoms with Crippen molar-refractivity contribution in [1.29, 1.82) is 0 Å². The van der Waals surface area contributed by atoms with Crippen molar-refractivity contribution in [3.8, 4) is 56.3 Å². The molecule has 0 unspecified atom stereocenters. The van der Waals surface area contributed by atoms with Crippen LogP contribution in [0.2, 0.25) is 5.02 Å². The van der Waals surface area contributed by atoms with Crippen LogP contribution in [0.1, 0.15) is 39.9 Å². The van der Waals surface area contributed by atoms with Gasteiger partial charge in [0, 0.05) is 110 Å². The second kappa shape index (κ2) is 30.8. The number of rotatable bonds is 9. The molecule has 0 bridgehead atoms. The van der Waals surface area contributed by atoms with Crippen molar-refractivity contribution in [3.63, 3.8) is 0 Å². The minimum Gasteiger partial charge on any atom is -0.298 e. The maximum absolute atomic E-state index is 13.6. The van der Waals surface area contributed by atoms with Crippen molar-refractivity contribution in [3.05, 3.63) is 302 Å². The van der Waals surface area contributed by atoms with Gasteiger partial charge in [0.1, 0.15) is 6.29 Å². The van der Waals surface area contributed by atoms with E-state index in [1.54, 1.807) is 114 Å². The van der Waals surface area contributed by atoms with Crippen molar-refractivity contribution in [2.24, 2.45) is 35.2 Å². The smallest absolute Gasteiger partial charge is 0.263 e. The quantitative estimate of drug-likeness (QED) is 0.0804. The first-order chi connectivity index (χ1) is 49.4. The fourth-order valence-corrected chi connectivity index (χ4v) is 13.2. The number of halogens is 6. The molecule has 22 heteroatoms. The SMILES string of the molecule is [C-]#[N+]c1c(-c2c(Br)cnn2C)c(C(F)F)cc2ccccc12.[C-]#[N+]c1c(-c2ccnn2C)c(C(F)F)cc2ccccc12.[C-]#[N+]c1c(-c2ccnn2C)c(C=C)cc2ccccc12.[C-]#[N+]c1c(-c2ccnn2C)c(C=O)cc2ccccc12.[C-]#[N+]c1c(-c2ccnn2C)c(Cl)cc2ccccc12. The molecule has 5 heterocycles. The third-order valence-corrected chi connectivity index (χ3v) is 17.9. The maximum atomic E-state index is 13.6. The van der Waals surface area contributed by atoms with Crippen LogP contribution >= 0.6 is 27.5 Å². The lowest BCUT2D eigenvalue weighted by molar-refractivity contribution is 0.112. The van der Waals surface area contributed by atoms with E-state index in [1.165, 1.54) is 33.9 Å². The number of benzene rings is 10. The molecule has 102 heavy (non-hydrogen) atoms. The summed E-state index contributed by atoms with van der Waals surface area (Å²) in [6.07, 6.45) is 5.43. The maximum Gasteiger partial charge on any atom is 0.263 e. The molecule has 0 radical (unpaired) electrons. The number of alkyl halides is 4. The van der Waals surface area contributed by atoms with Gasteiger partial charge in [-0.1, -0.05) is 146 Å². The summed E-state index contributed by atoms with van der Waals surface area (Å²) in [5, 5.41) is 29.4. The molecule has 0 atom stereocenters. The average molecular weight is 1430 g/mol. The molecule has 16 nitrogen and oxygen atoms in total. The summed E-state index contributed by atoms with van der Waals surface area (Å²) in [6.45, 7) is 41.3. The van der Waals surface area contributed by atoms with Crippen LogP contribution in [0.15, 0.2) is 218 Å². The van der Waals surface area contributed by atoms with Crippen molar-refractivity contribution in [2.75, 3.05) is 0 Å². The highest BCUT2D eigenvalue weighted by atomic mass is 79.9. The van der Waals surface area contributed by atoms with Crippen LogP contribution in [0.3, 0.4) is 0 Å². The molecule has 0 fully saturated rings. The number of carbonyl (C=O) groups is 1. The van der Waals surface area contributed by atoms with Crippen LogP contribution in [-0.4, -0.2) is 55.2 Å². The minimum absolute atomic E-state index is 0.136. The monoisotopic (exact) mass is 1430 g/mol. The molecule has 15 rings (SSSR count). The van der Waals surface area contributed by atoms with E-state index < -0.39 is 12.9 Å². The van der Waals surface area contributed by atoms with Gasteiger partial charge in [-0.25, -0.2) is 41.8 Å². The molecule has 15 aromatic rings. The number of aldehydes is 1. The van der Waals surface area contributed by atoms with Gasteiger partial charge in [-0.05, 0) is 130 Å². The number of nitrogens with zero attached hydrogens (tertiary/aromatic N) is 15. The Hall–Kier alpha value is -13.1. The number of fused-ring (bicyclic) bond motifs is 5. The van der Waals surface area contributed by atoms with E-state index in [0.717, 1.165) is 72.4 Å². The van der Waals surface area contributed by atoms with Crippen LogP contribution in [0.5, 0.6) is 0 Å². The Labute approximate surface area is 596 Å². The topological polar surface area (TPSA) is 128 Å². The van der Waals surface area contributed by atoms with Crippen LogP contribution in [-0.2, 0) is 35.2 Å². The minimum atomic E-state index is -2.68. The highest BCUT2D eigenvalue weighted by Crippen LogP contribution is 2.48. The summed E-state index contributed by atoms with van der Waals surface area (Å²) in [4.78, 5) is 29.6. The van der Waals surface area contributed by atoms with Crippen molar-refractivity contribution >= 4 is 122 Å². The van der Waals surface area contributed by atoms with E-state index in [-0.39, 0.29) is 33.6 Å². The molecule has 0 aliphatic heterocycles. The average Bonchev–Trinajstić information content (AvgIpc) is 1.38. The lowest BCUT2D eigenvalue weighted by Crippen LogP contribution is -1.99. The standard InChI is InChI=1S/C17H13N3.C16H10BrF2N3.C16H11F2N3.C16H11N3O.C15H10ClN3/c1-4-12-11-13-7-5-6-8-14(13)17(18-2)16(12)15-9-10-19-20(15)3;1-20-14-10-6-4-3-5-9(10)7-11(16(18)19)13(14)15-12(17)8-21-22(15)2;1-19-15-11-6-4-3-5-10(11)9-12(16(17)18)14(15)13-7-8-20-21(13)2;1-17-16-13-6-4-3-5-11(13)9-12(10-20)15(16)14-7-8-18-19(14)2;1-17-15-11-6-4-3-5-10(11)9-12(16)14(15)13-7-8-18-19(13)2/h4-11H,1H2,3H3;3-8,16H,2H3;3-9,16H,2H3;3-10H,2H3;3-9H,2H3. The van der Waals surface area contributed by atoms with Gasteiger partial charge in [-0.3, -0.25) is 28.2 Å². The first-order valence-electron chi connectivity index (χ1n) is 31.0. The largest absolute Gasteiger partial charge is 0.298 e. The zero-order valence-electron chi connectivity index (χ0n) is 55.0. The van der Waals surface area contributed by atoms with E-state index in [2.05, 4.69) is 78.3 Å². The molecular weight excluding hydrogens is 1380 g/mol. The molecule has 0 aliphatic rings. The normalized spacial score (nSPS) is 10.7. The van der Waals surface area contributed by atoms with Gasteiger partial charge in [0.15, 0.2) is 0 Å². The molecule has 0 saturated heterocycles. The van der Waals surface area contributed by atoms with Crippen LogP contribution in [0.4, 0.5) is 46.0 Å². The second-order valence-electron chi connectivity index (χ2n) is 22.8. The first kappa shape index (κ1) is 70.2. The van der Waals surface area contributed by atoms with Crippen LogP contribution in [0.25, 0.3) is 140 Å². The Balaban J connectivity index is 0.000000128. The zero-order chi connectivity index (χ0) is 72.5. The summed E-state index contributed by atoms with van der Waals surface area (Å²) in [6, 6.07) is 53.4. The zero-order valence-corrected chi connectivity index (χ0v) is 57.4. The summed E-state index contributed by atoms with van der Waals surface area (Å²) >= 11 is 9.70. The Morgan fingerprint density at radius 1 is 0.412 bits per heavy atom. The molecule has 0 aliphatic carbocycles. The Bertz CT molecular complexity index is 5820. The van der Waals surface area contributed by atoms with E-state index in [0.29, 0.717) is 70.6 Å². The molecule has 0 saturated carbocycles. The number of aromatic nitrogens is 10. The van der Waals surface area contributed by atoms with Crippen molar-refractivity contribution in [2.45, 2.75) is 12.9 Å². The Morgan fingerprint density at radius 3 is 1.05 bits per heavy atom. The summed E-state index contributed by atoms with van der Waals surface area (Å²) in [7, 11) is 8.86. The van der Waals surface area contributed by atoms with E-state index >= 15 is 0 Å². The summed E-state index contributed by atoms with van der Waals surface area (Å²) in [5.41, 5.74) is 9.68. The van der Waals surface area contributed by atoms with Crippen molar-refractivity contribution in [1.82, 2.24) is 48.9 Å². The van der Waals surface area contributed by atoms with Crippen LogP contribution in [0, 0.1) is 32.9 Å². The second-order valence-corrected chi connectivity index (χ2v) is 24.0. The Morgan fingerprint density at radius 2 is 0.716 bits per heavy atom. The lowest BCUT2D eigenvalue weighted by Gasteiger charge is -2.15. The molecule has 0 spiro atoms. The van der Waals surface area contributed by atoms with Gasteiger partial charge in [0.05, 0.1) is 72.0 Å². The number of hydrogen-bond donors (Lipinski definition) is 0. The summed E-state index contributed by atoms with van der Waals surface area (Å²) in [5.74, 6) is 0. The van der Waals surface area contributed by atoms with Gasteiger partial charge in [0.25, 0.3) is 12.9 Å². The molecule has 498 valence electrons. The fourth-order valence-electron chi connectivity index (χ4n) is 12.3.